The molecule has 0 fully saturated rings. The molecular weight excluding hydrogens is 336 g/mol. The molecule has 3 heterocycles. The molecule has 0 saturated carbocycles. The van der Waals surface area contributed by atoms with Gasteiger partial charge in [-0.2, -0.15) is 10.1 Å². The molecule has 1 aliphatic heterocycles. The number of nitrogens with one attached hydrogen (secondary N) is 1. The molecule has 0 bridgehead atoms. The standard InChI is InChI=1S/C18H24N4O2S/c1-3-4-5-6-7-10-24-17(23)15-13(2)21-18-19-12-20-22(18)16(15)14-9-8-11-25-14/h8-9,11-12,16H,3-7,10H2,1-2H3,(H,19,20,21)/t16-/m1/s1. The SMILES string of the molecule is CCCCCCCOC(=O)C1=C(C)Nc2ncnn2[C@@H]1c1cccs1. The van der Waals surface area contributed by atoms with Crippen molar-refractivity contribution < 1.29 is 9.53 Å². The topological polar surface area (TPSA) is 69.0 Å². The van der Waals surface area contributed by atoms with Crippen LogP contribution in [0.15, 0.2) is 35.1 Å². The van der Waals surface area contributed by atoms with E-state index >= 15 is 0 Å². The molecule has 134 valence electrons. The Morgan fingerprint density at radius 3 is 2.96 bits per heavy atom. The second-order valence-electron chi connectivity index (χ2n) is 6.16. The van der Waals surface area contributed by atoms with E-state index in [0.29, 0.717) is 18.1 Å². The molecule has 0 amide bonds. The third-order valence-electron chi connectivity index (χ3n) is 4.31. The van der Waals surface area contributed by atoms with Crippen LogP contribution in [0.3, 0.4) is 0 Å². The van der Waals surface area contributed by atoms with E-state index in [0.717, 1.165) is 23.4 Å². The molecule has 0 spiro atoms. The summed E-state index contributed by atoms with van der Waals surface area (Å²) >= 11 is 1.60. The van der Waals surface area contributed by atoms with E-state index in [1.807, 2.05) is 24.4 Å². The van der Waals surface area contributed by atoms with Crippen molar-refractivity contribution in [1.29, 1.82) is 0 Å². The van der Waals surface area contributed by atoms with Crippen LogP contribution < -0.4 is 5.32 Å². The van der Waals surface area contributed by atoms with Gasteiger partial charge in [0, 0.05) is 10.6 Å². The number of carbonyl (C=O) groups excluding carboxylic acids is 1. The highest BCUT2D eigenvalue weighted by Crippen LogP contribution is 2.37. The lowest BCUT2D eigenvalue weighted by Crippen LogP contribution is -2.29. The van der Waals surface area contributed by atoms with Crippen LogP contribution in [-0.4, -0.2) is 27.3 Å². The Balaban J connectivity index is 1.72. The summed E-state index contributed by atoms with van der Waals surface area (Å²) in [6, 6.07) is 3.70. The van der Waals surface area contributed by atoms with E-state index in [4.69, 9.17) is 4.74 Å². The number of thiophene rings is 1. The van der Waals surface area contributed by atoms with E-state index < -0.39 is 0 Å². The van der Waals surface area contributed by atoms with Gasteiger partial charge in [-0.3, -0.25) is 0 Å². The van der Waals surface area contributed by atoms with Crippen molar-refractivity contribution in [3.63, 3.8) is 0 Å². The molecule has 25 heavy (non-hydrogen) atoms. The quantitative estimate of drug-likeness (QED) is 0.566. The Kier molecular flexibility index (Phi) is 5.86. The molecule has 2 aromatic rings. The fourth-order valence-corrected chi connectivity index (χ4v) is 3.83. The average Bonchev–Trinajstić information content (AvgIpc) is 3.27. The third kappa shape index (κ3) is 3.92. The summed E-state index contributed by atoms with van der Waals surface area (Å²) in [4.78, 5) is 18.0. The van der Waals surface area contributed by atoms with Crippen molar-refractivity contribution >= 4 is 23.3 Å². The zero-order valence-corrected chi connectivity index (χ0v) is 15.5. The summed E-state index contributed by atoms with van der Waals surface area (Å²) in [6.45, 7) is 4.53. The molecule has 1 aliphatic rings. The number of hydrogen-bond acceptors (Lipinski definition) is 6. The molecule has 3 rings (SSSR count). The van der Waals surface area contributed by atoms with Gasteiger partial charge in [0.2, 0.25) is 5.95 Å². The first-order valence-corrected chi connectivity index (χ1v) is 9.68. The fourth-order valence-electron chi connectivity index (χ4n) is 3.01. The number of aromatic nitrogens is 3. The number of fused-ring (bicyclic) bond motifs is 1. The van der Waals surface area contributed by atoms with Gasteiger partial charge in [0.25, 0.3) is 0 Å². The first-order chi connectivity index (χ1) is 12.2. The molecule has 6 nitrogen and oxygen atoms in total. The Morgan fingerprint density at radius 1 is 1.36 bits per heavy atom. The molecule has 0 saturated heterocycles. The van der Waals surface area contributed by atoms with Gasteiger partial charge in [-0.05, 0) is 24.8 Å². The number of allylic oxidation sites excluding steroid dienone is 1. The molecule has 2 aromatic heterocycles. The Labute approximate surface area is 151 Å². The van der Waals surface area contributed by atoms with Crippen LogP contribution in [0.5, 0.6) is 0 Å². The minimum Gasteiger partial charge on any atom is -0.462 e. The Hall–Kier alpha value is -2.15. The second kappa shape index (κ2) is 8.29. The number of hydrogen-bond donors (Lipinski definition) is 1. The lowest BCUT2D eigenvalue weighted by molar-refractivity contribution is -0.139. The predicted molar refractivity (Wildman–Crippen MR) is 98.5 cm³/mol. The van der Waals surface area contributed by atoms with Crippen molar-refractivity contribution in [3.8, 4) is 0 Å². The number of carbonyl (C=O) groups is 1. The molecule has 0 aromatic carbocycles. The van der Waals surface area contributed by atoms with Gasteiger partial charge in [-0.15, -0.1) is 11.3 Å². The van der Waals surface area contributed by atoms with E-state index in [9.17, 15) is 4.79 Å². The minimum absolute atomic E-state index is 0.278. The van der Waals surface area contributed by atoms with E-state index in [1.165, 1.54) is 25.6 Å². The predicted octanol–water partition coefficient (Wildman–Crippen LogP) is 4.14. The van der Waals surface area contributed by atoms with Crippen LogP contribution in [0.2, 0.25) is 0 Å². The summed E-state index contributed by atoms with van der Waals surface area (Å²) < 4.78 is 7.31. The lowest BCUT2D eigenvalue weighted by atomic mass is 10.0. The monoisotopic (exact) mass is 360 g/mol. The number of esters is 1. The average molecular weight is 360 g/mol. The van der Waals surface area contributed by atoms with Crippen molar-refractivity contribution in [3.05, 3.63) is 40.0 Å². The van der Waals surface area contributed by atoms with Crippen LogP contribution in [0.25, 0.3) is 0 Å². The maximum absolute atomic E-state index is 12.8. The summed E-state index contributed by atoms with van der Waals surface area (Å²) in [5, 5.41) is 9.45. The van der Waals surface area contributed by atoms with Crippen LogP contribution >= 0.6 is 11.3 Å². The Morgan fingerprint density at radius 2 is 2.20 bits per heavy atom. The molecule has 0 unspecified atom stereocenters. The molecule has 1 atom stereocenters. The number of anilines is 1. The van der Waals surface area contributed by atoms with Crippen LogP contribution in [-0.2, 0) is 9.53 Å². The van der Waals surface area contributed by atoms with Crippen LogP contribution in [0.4, 0.5) is 5.95 Å². The Bertz CT molecular complexity index is 736. The first kappa shape index (κ1) is 17.7. The van der Waals surface area contributed by atoms with E-state index in [1.54, 1.807) is 16.0 Å². The second-order valence-corrected chi connectivity index (χ2v) is 7.14. The van der Waals surface area contributed by atoms with Gasteiger partial charge < -0.3 is 10.1 Å². The summed E-state index contributed by atoms with van der Waals surface area (Å²) in [6.07, 6.45) is 7.14. The smallest absolute Gasteiger partial charge is 0.338 e. The number of unbranched alkanes of at least 4 members (excludes halogenated alkanes) is 4. The molecular formula is C18H24N4O2S. The molecule has 0 radical (unpaired) electrons. The number of nitrogens with zero attached hydrogens (tertiary/aromatic N) is 3. The summed E-state index contributed by atoms with van der Waals surface area (Å²) in [7, 11) is 0. The normalized spacial score (nSPS) is 16.5. The summed E-state index contributed by atoms with van der Waals surface area (Å²) in [5.74, 6) is 0.368. The van der Waals surface area contributed by atoms with Crippen molar-refractivity contribution in [2.75, 3.05) is 11.9 Å². The van der Waals surface area contributed by atoms with Crippen LogP contribution in [0, 0.1) is 0 Å². The maximum Gasteiger partial charge on any atom is 0.338 e. The zero-order valence-electron chi connectivity index (χ0n) is 14.7. The largest absolute Gasteiger partial charge is 0.462 e. The van der Waals surface area contributed by atoms with Gasteiger partial charge >= 0.3 is 5.97 Å². The first-order valence-electron chi connectivity index (χ1n) is 8.80. The fraction of sp³-hybridized carbons (Fsp3) is 0.500. The zero-order chi connectivity index (χ0) is 17.6. The third-order valence-corrected chi connectivity index (χ3v) is 5.23. The van der Waals surface area contributed by atoms with E-state index in [-0.39, 0.29) is 12.0 Å². The van der Waals surface area contributed by atoms with Gasteiger partial charge in [0.15, 0.2) is 0 Å². The van der Waals surface area contributed by atoms with Crippen molar-refractivity contribution in [2.45, 2.75) is 52.0 Å². The maximum atomic E-state index is 12.8. The highest BCUT2D eigenvalue weighted by Gasteiger charge is 2.34. The van der Waals surface area contributed by atoms with Crippen molar-refractivity contribution in [2.24, 2.45) is 0 Å². The molecule has 1 N–H and O–H groups in total. The van der Waals surface area contributed by atoms with Gasteiger partial charge in [0.1, 0.15) is 12.4 Å². The highest BCUT2D eigenvalue weighted by molar-refractivity contribution is 7.10. The summed E-state index contributed by atoms with van der Waals surface area (Å²) in [5.41, 5.74) is 1.38. The minimum atomic E-state index is -0.286. The lowest BCUT2D eigenvalue weighted by Gasteiger charge is -2.27. The number of ether oxygens (including phenoxy) is 1. The number of rotatable bonds is 8. The highest BCUT2D eigenvalue weighted by atomic mass is 32.1. The van der Waals surface area contributed by atoms with Gasteiger partial charge in [-0.25, -0.2) is 9.48 Å². The molecule has 7 heteroatoms. The van der Waals surface area contributed by atoms with Crippen molar-refractivity contribution in [1.82, 2.24) is 14.8 Å². The van der Waals surface area contributed by atoms with Crippen LogP contribution in [0.1, 0.15) is 56.9 Å². The molecule has 0 aliphatic carbocycles. The van der Waals surface area contributed by atoms with Gasteiger partial charge in [-0.1, -0.05) is 38.7 Å². The van der Waals surface area contributed by atoms with E-state index in [2.05, 4.69) is 22.3 Å². The van der Waals surface area contributed by atoms with Gasteiger partial charge in [0.05, 0.1) is 12.2 Å².